The molecule has 1 aromatic heterocycles. The molecule has 2 aromatic carbocycles. The normalized spacial score (nSPS) is 15.1. The van der Waals surface area contributed by atoms with Crippen molar-refractivity contribution in [1.82, 2.24) is 19.6 Å². The summed E-state index contributed by atoms with van der Waals surface area (Å²) >= 11 is 0. The van der Waals surface area contributed by atoms with Gasteiger partial charge < -0.3 is 9.64 Å². The van der Waals surface area contributed by atoms with E-state index < -0.39 is 11.9 Å². The monoisotopic (exact) mass is 444 g/mol. The van der Waals surface area contributed by atoms with Crippen LogP contribution in [0.1, 0.15) is 21.6 Å². The van der Waals surface area contributed by atoms with E-state index >= 15 is 0 Å². The number of carbonyl (C=O) groups excluding carboxylic acids is 1. The number of hydrogen-bond donors (Lipinski definition) is 0. The summed E-state index contributed by atoms with van der Waals surface area (Å²) in [6, 6.07) is 15.3. The Hall–Kier alpha value is -3.33. The first kappa shape index (κ1) is 21.9. The first-order chi connectivity index (χ1) is 15.3. The number of aromatic nitrogens is 2. The predicted molar refractivity (Wildman–Crippen MR) is 113 cm³/mol. The lowest BCUT2D eigenvalue weighted by molar-refractivity contribution is -0.141. The molecule has 4 rings (SSSR count). The molecule has 0 saturated carbocycles. The van der Waals surface area contributed by atoms with E-state index in [9.17, 15) is 18.0 Å². The molecule has 0 unspecified atom stereocenters. The van der Waals surface area contributed by atoms with Crippen LogP contribution in [0.25, 0.3) is 5.69 Å². The second-order valence-corrected chi connectivity index (χ2v) is 7.61. The smallest absolute Gasteiger partial charge is 0.435 e. The Bertz CT molecular complexity index is 1050. The van der Waals surface area contributed by atoms with Crippen LogP contribution in [0.3, 0.4) is 0 Å². The third kappa shape index (κ3) is 4.94. The number of alkyl halides is 3. The number of carbonyl (C=O) groups is 1. The maximum atomic E-state index is 12.8. The molecule has 32 heavy (non-hydrogen) atoms. The van der Waals surface area contributed by atoms with Crippen molar-refractivity contribution < 1.29 is 22.7 Å². The molecule has 1 aliphatic heterocycles. The van der Waals surface area contributed by atoms with Crippen molar-refractivity contribution in [3.8, 4) is 11.4 Å². The van der Waals surface area contributed by atoms with Gasteiger partial charge in [-0.05, 0) is 48.0 Å². The topological polar surface area (TPSA) is 50.6 Å². The summed E-state index contributed by atoms with van der Waals surface area (Å²) in [5.41, 5.74) is 1.19. The van der Waals surface area contributed by atoms with Crippen molar-refractivity contribution >= 4 is 5.91 Å². The summed E-state index contributed by atoms with van der Waals surface area (Å²) in [6.07, 6.45) is -3.24. The zero-order chi connectivity index (χ0) is 22.7. The Kier molecular flexibility index (Phi) is 6.18. The Morgan fingerprint density at radius 2 is 1.62 bits per heavy atom. The van der Waals surface area contributed by atoms with Gasteiger partial charge in [0.15, 0.2) is 5.69 Å². The zero-order valence-corrected chi connectivity index (χ0v) is 17.5. The van der Waals surface area contributed by atoms with Crippen molar-refractivity contribution in [3.63, 3.8) is 0 Å². The van der Waals surface area contributed by atoms with Crippen molar-refractivity contribution in [1.29, 1.82) is 0 Å². The molecule has 0 spiro atoms. The number of amides is 1. The molecule has 3 aromatic rings. The van der Waals surface area contributed by atoms with Gasteiger partial charge in [0.25, 0.3) is 5.91 Å². The third-order valence-corrected chi connectivity index (χ3v) is 5.48. The van der Waals surface area contributed by atoms with E-state index in [2.05, 4.69) is 10.00 Å². The van der Waals surface area contributed by atoms with Gasteiger partial charge in [-0.3, -0.25) is 9.69 Å². The van der Waals surface area contributed by atoms with E-state index in [-0.39, 0.29) is 5.91 Å². The highest BCUT2D eigenvalue weighted by Crippen LogP contribution is 2.28. The predicted octanol–water partition coefficient (Wildman–Crippen LogP) is 3.86. The number of halogens is 3. The molecule has 1 aliphatic rings. The van der Waals surface area contributed by atoms with Crippen LogP contribution in [0.2, 0.25) is 0 Å². The van der Waals surface area contributed by atoms with Crippen LogP contribution >= 0.6 is 0 Å². The SMILES string of the molecule is COc1ccc(CN2CCN(C(=O)c3ccc(-n4ccc(C(F)(F)F)n4)cc3)CC2)cc1. The molecule has 6 nitrogen and oxygen atoms in total. The minimum atomic E-state index is -4.49. The second kappa shape index (κ2) is 9.04. The molecule has 1 amide bonds. The summed E-state index contributed by atoms with van der Waals surface area (Å²) in [5, 5.41) is 3.55. The van der Waals surface area contributed by atoms with Gasteiger partial charge in [-0.15, -0.1) is 0 Å². The fourth-order valence-corrected chi connectivity index (χ4v) is 3.66. The van der Waals surface area contributed by atoms with Crippen LogP contribution in [0.15, 0.2) is 60.8 Å². The van der Waals surface area contributed by atoms with E-state index in [4.69, 9.17) is 4.74 Å². The van der Waals surface area contributed by atoms with E-state index in [0.717, 1.165) is 36.1 Å². The van der Waals surface area contributed by atoms with Gasteiger partial charge >= 0.3 is 6.18 Å². The number of hydrogen-bond acceptors (Lipinski definition) is 4. The van der Waals surface area contributed by atoms with Crippen LogP contribution in [-0.2, 0) is 12.7 Å². The van der Waals surface area contributed by atoms with Crippen LogP contribution in [0.5, 0.6) is 5.75 Å². The summed E-state index contributed by atoms with van der Waals surface area (Å²) in [6.45, 7) is 3.58. The Morgan fingerprint density at radius 3 is 2.19 bits per heavy atom. The number of rotatable bonds is 5. The molecule has 1 fully saturated rings. The van der Waals surface area contributed by atoms with Crippen LogP contribution in [0, 0.1) is 0 Å². The number of piperazine rings is 1. The summed E-state index contributed by atoms with van der Waals surface area (Å²) in [4.78, 5) is 16.9. The zero-order valence-electron chi connectivity index (χ0n) is 17.5. The fraction of sp³-hybridized carbons (Fsp3) is 0.304. The number of benzene rings is 2. The van der Waals surface area contributed by atoms with E-state index in [1.807, 2.05) is 24.3 Å². The lowest BCUT2D eigenvalue weighted by Crippen LogP contribution is -2.48. The highest BCUT2D eigenvalue weighted by Gasteiger charge is 2.33. The molecular formula is C23H23F3N4O2. The molecule has 0 radical (unpaired) electrons. The van der Waals surface area contributed by atoms with Gasteiger partial charge in [-0.25, -0.2) is 4.68 Å². The molecule has 168 valence electrons. The van der Waals surface area contributed by atoms with E-state index in [1.54, 1.807) is 36.3 Å². The number of nitrogens with zero attached hydrogens (tertiary/aromatic N) is 4. The Balaban J connectivity index is 1.33. The van der Waals surface area contributed by atoms with Gasteiger partial charge in [0, 0.05) is 44.5 Å². The lowest BCUT2D eigenvalue weighted by Gasteiger charge is -2.34. The van der Waals surface area contributed by atoms with E-state index in [0.29, 0.717) is 24.3 Å². The highest BCUT2D eigenvalue weighted by atomic mass is 19.4. The summed E-state index contributed by atoms with van der Waals surface area (Å²) < 4.78 is 44.5. The minimum absolute atomic E-state index is 0.0860. The maximum Gasteiger partial charge on any atom is 0.435 e. The highest BCUT2D eigenvalue weighted by molar-refractivity contribution is 5.94. The molecule has 0 atom stereocenters. The lowest BCUT2D eigenvalue weighted by atomic mass is 10.1. The third-order valence-electron chi connectivity index (χ3n) is 5.48. The van der Waals surface area contributed by atoms with E-state index in [1.165, 1.54) is 11.8 Å². The van der Waals surface area contributed by atoms with Crippen LogP contribution < -0.4 is 4.74 Å². The van der Waals surface area contributed by atoms with Gasteiger partial charge in [0.1, 0.15) is 5.75 Å². The second-order valence-electron chi connectivity index (χ2n) is 7.61. The van der Waals surface area contributed by atoms with Crippen molar-refractivity contribution in [2.75, 3.05) is 33.3 Å². The Morgan fingerprint density at radius 1 is 0.969 bits per heavy atom. The molecule has 0 N–H and O–H groups in total. The molecule has 0 bridgehead atoms. The molecular weight excluding hydrogens is 421 g/mol. The van der Waals surface area contributed by atoms with Crippen LogP contribution in [-0.4, -0.2) is 58.8 Å². The average Bonchev–Trinajstić information content (AvgIpc) is 3.31. The minimum Gasteiger partial charge on any atom is -0.497 e. The van der Waals surface area contributed by atoms with Gasteiger partial charge in [0.2, 0.25) is 0 Å². The standard InChI is InChI=1S/C23H23F3N4O2/c1-32-20-8-2-17(3-9-20)16-28-12-14-29(15-13-28)22(31)18-4-6-19(7-5-18)30-11-10-21(27-30)23(24,25)26/h2-11H,12-16H2,1H3. The molecule has 0 aliphatic carbocycles. The summed E-state index contributed by atoms with van der Waals surface area (Å²) in [5.74, 6) is 0.737. The molecule has 1 saturated heterocycles. The average molecular weight is 444 g/mol. The van der Waals surface area contributed by atoms with Crippen LogP contribution in [0.4, 0.5) is 13.2 Å². The van der Waals surface area contributed by atoms with Crippen molar-refractivity contribution in [3.05, 3.63) is 77.6 Å². The largest absolute Gasteiger partial charge is 0.497 e. The van der Waals surface area contributed by atoms with Gasteiger partial charge in [-0.1, -0.05) is 12.1 Å². The first-order valence-corrected chi connectivity index (χ1v) is 10.2. The van der Waals surface area contributed by atoms with Crippen molar-refractivity contribution in [2.24, 2.45) is 0 Å². The maximum absolute atomic E-state index is 12.8. The number of methoxy groups -OCH3 is 1. The van der Waals surface area contributed by atoms with Gasteiger partial charge in [-0.2, -0.15) is 18.3 Å². The quantitative estimate of drug-likeness (QED) is 0.600. The number of ether oxygens (including phenoxy) is 1. The fourth-order valence-electron chi connectivity index (χ4n) is 3.66. The molecule has 2 heterocycles. The molecule has 9 heteroatoms. The Labute approximate surface area is 183 Å². The van der Waals surface area contributed by atoms with Gasteiger partial charge in [0.05, 0.1) is 12.8 Å². The van der Waals surface area contributed by atoms with Crippen molar-refractivity contribution in [2.45, 2.75) is 12.7 Å². The first-order valence-electron chi connectivity index (χ1n) is 10.2. The summed E-state index contributed by atoms with van der Waals surface area (Å²) in [7, 11) is 1.64.